The number of nitrogen functional groups attached to an aromatic ring is 1. The molecule has 1 saturated heterocycles. The molecule has 0 radical (unpaired) electrons. The van der Waals surface area contributed by atoms with Crippen LogP contribution < -0.4 is 16.0 Å². The average molecular weight is 248 g/mol. The highest BCUT2D eigenvalue weighted by Gasteiger charge is 2.29. The van der Waals surface area contributed by atoms with E-state index in [9.17, 15) is 4.79 Å². The summed E-state index contributed by atoms with van der Waals surface area (Å²) in [6.45, 7) is 2.76. The number of nitrogens with one attached hydrogen (secondary N) is 1. The highest BCUT2D eigenvalue weighted by atomic mass is 16.2. The number of aromatic nitrogens is 1. The summed E-state index contributed by atoms with van der Waals surface area (Å²) < 4.78 is 0. The van der Waals surface area contributed by atoms with Crippen LogP contribution in [0.1, 0.15) is 25.0 Å². The van der Waals surface area contributed by atoms with Crippen molar-refractivity contribution in [2.24, 2.45) is 0 Å². The van der Waals surface area contributed by atoms with E-state index in [2.05, 4.69) is 10.3 Å². The minimum Gasteiger partial charge on any atom is -0.396 e. The molecule has 2 rings (SSSR count). The molecule has 1 amide bonds. The van der Waals surface area contributed by atoms with Gasteiger partial charge in [-0.2, -0.15) is 0 Å². The van der Waals surface area contributed by atoms with Crippen molar-refractivity contribution in [1.82, 2.24) is 10.3 Å². The van der Waals surface area contributed by atoms with Gasteiger partial charge >= 0.3 is 0 Å². The van der Waals surface area contributed by atoms with Crippen LogP contribution in [0.2, 0.25) is 0 Å². The maximum atomic E-state index is 11.9. The van der Waals surface area contributed by atoms with Crippen molar-refractivity contribution in [1.29, 1.82) is 0 Å². The first kappa shape index (κ1) is 12.7. The summed E-state index contributed by atoms with van der Waals surface area (Å²) in [5, 5.41) is 2.72. The molecule has 98 valence electrons. The zero-order valence-electron chi connectivity index (χ0n) is 10.9. The lowest BCUT2D eigenvalue weighted by Crippen LogP contribution is -2.49. The number of nitrogens with zero attached hydrogens (tertiary/aromatic N) is 2. The van der Waals surface area contributed by atoms with Crippen molar-refractivity contribution >= 4 is 17.4 Å². The van der Waals surface area contributed by atoms with Gasteiger partial charge in [0.25, 0.3) is 0 Å². The number of hydrogen-bond donors (Lipinski definition) is 2. The molecule has 0 saturated carbocycles. The first-order valence-electron chi connectivity index (χ1n) is 6.35. The molecule has 0 aliphatic carbocycles. The molecule has 1 aliphatic rings. The van der Waals surface area contributed by atoms with Gasteiger partial charge in [0.1, 0.15) is 6.04 Å². The number of carbonyl (C=O) groups excluding carboxylic acids is 1. The second-order valence-electron chi connectivity index (χ2n) is 4.68. The molecule has 1 aromatic rings. The molecule has 0 aromatic carbocycles. The van der Waals surface area contributed by atoms with Gasteiger partial charge in [0, 0.05) is 19.3 Å². The molecule has 0 bridgehead atoms. The first-order chi connectivity index (χ1) is 8.63. The molecule has 18 heavy (non-hydrogen) atoms. The Morgan fingerprint density at radius 2 is 2.28 bits per heavy atom. The highest BCUT2D eigenvalue weighted by molar-refractivity contribution is 5.86. The first-order valence-corrected chi connectivity index (χ1v) is 6.35. The predicted octanol–water partition coefficient (Wildman–Crippen LogP) is 1.08. The van der Waals surface area contributed by atoms with Crippen molar-refractivity contribution in [2.75, 3.05) is 24.2 Å². The van der Waals surface area contributed by atoms with Crippen LogP contribution in [-0.4, -0.2) is 30.5 Å². The third kappa shape index (κ3) is 2.39. The number of likely N-dealkylation sites (N-methyl/N-ethyl adjacent to an activating group) is 1. The van der Waals surface area contributed by atoms with E-state index in [4.69, 9.17) is 5.73 Å². The Balaban J connectivity index is 2.33. The Labute approximate surface area is 107 Å². The van der Waals surface area contributed by atoms with Crippen molar-refractivity contribution in [3.8, 4) is 0 Å². The van der Waals surface area contributed by atoms with Gasteiger partial charge in [0.2, 0.25) is 5.91 Å². The highest BCUT2D eigenvalue weighted by Crippen LogP contribution is 2.28. The molecule has 5 nitrogen and oxygen atoms in total. The van der Waals surface area contributed by atoms with Crippen LogP contribution in [0.4, 0.5) is 11.5 Å². The van der Waals surface area contributed by atoms with Crippen molar-refractivity contribution < 1.29 is 4.79 Å². The second kappa shape index (κ2) is 5.25. The zero-order chi connectivity index (χ0) is 13.1. The summed E-state index contributed by atoms with van der Waals surface area (Å²) in [6.07, 6.45) is 3.00. The normalized spacial score (nSPS) is 19.7. The number of carbonyl (C=O) groups is 1. The summed E-state index contributed by atoms with van der Waals surface area (Å²) in [5.74, 6) is 0.778. The summed E-state index contributed by atoms with van der Waals surface area (Å²) in [6, 6.07) is 3.59. The topological polar surface area (TPSA) is 71.2 Å². The van der Waals surface area contributed by atoms with E-state index < -0.39 is 0 Å². The lowest BCUT2D eigenvalue weighted by atomic mass is 10.0. The molecule has 1 aliphatic heterocycles. The summed E-state index contributed by atoms with van der Waals surface area (Å²) >= 11 is 0. The maximum absolute atomic E-state index is 11.9. The van der Waals surface area contributed by atoms with Crippen molar-refractivity contribution in [3.63, 3.8) is 0 Å². The number of anilines is 2. The van der Waals surface area contributed by atoms with Crippen LogP contribution in [-0.2, 0) is 4.79 Å². The summed E-state index contributed by atoms with van der Waals surface area (Å²) in [5.41, 5.74) is 7.54. The Morgan fingerprint density at radius 1 is 1.50 bits per heavy atom. The van der Waals surface area contributed by atoms with Crippen LogP contribution in [0.5, 0.6) is 0 Å². The number of rotatable bonds is 2. The molecule has 0 spiro atoms. The zero-order valence-corrected chi connectivity index (χ0v) is 10.9. The van der Waals surface area contributed by atoms with E-state index in [0.717, 1.165) is 37.3 Å². The van der Waals surface area contributed by atoms with Gasteiger partial charge < -0.3 is 16.0 Å². The van der Waals surface area contributed by atoms with Gasteiger partial charge in [-0.3, -0.25) is 4.79 Å². The van der Waals surface area contributed by atoms with E-state index in [1.54, 1.807) is 7.05 Å². The van der Waals surface area contributed by atoms with E-state index in [1.165, 1.54) is 0 Å². The SMILES string of the molecule is CNC(=O)C1CCCCN1c1nc(C)ccc1N. The molecular formula is C13H20N4O. The van der Waals surface area contributed by atoms with Crippen LogP contribution in [0.3, 0.4) is 0 Å². The van der Waals surface area contributed by atoms with Gasteiger partial charge in [-0.05, 0) is 38.3 Å². The monoisotopic (exact) mass is 248 g/mol. The van der Waals surface area contributed by atoms with Crippen LogP contribution >= 0.6 is 0 Å². The van der Waals surface area contributed by atoms with E-state index >= 15 is 0 Å². The van der Waals surface area contributed by atoms with Crippen molar-refractivity contribution in [2.45, 2.75) is 32.2 Å². The third-order valence-corrected chi connectivity index (χ3v) is 3.37. The number of amides is 1. The molecule has 1 fully saturated rings. The molecule has 3 N–H and O–H groups in total. The van der Waals surface area contributed by atoms with Crippen LogP contribution in [0, 0.1) is 6.92 Å². The summed E-state index contributed by atoms with van der Waals surface area (Å²) in [7, 11) is 1.67. The minimum absolute atomic E-state index is 0.0393. The Morgan fingerprint density at radius 3 is 3.00 bits per heavy atom. The Hall–Kier alpha value is -1.78. The molecule has 2 heterocycles. The number of piperidine rings is 1. The van der Waals surface area contributed by atoms with E-state index in [1.807, 2.05) is 24.0 Å². The molecule has 1 atom stereocenters. The standard InChI is InChI=1S/C13H20N4O/c1-9-6-7-10(14)12(16-9)17-8-4-3-5-11(17)13(18)15-2/h6-7,11H,3-5,8,14H2,1-2H3,(H,15,18). The quantitative estimate of drug-likeness (QED) is 0.821. The number of hydrogen-bond acceptors (Lipinski definition) is 4. The van der Waals surface area contributed by atoms with Gasteiger partial charge in [-0.15, -0.1) is 0 Å². The molecular weight excluding hydrogens is 228 g/mol. The number of nitrogens with two attached hydrogens (primary N) is 1. The number of pyridine rings is 1. The fourth-order valence-corrected chi connectivity index (χ4v) is 2.41. The van der Waals surface area contributed by atoms with Crippen molar-refractivity contribution in [3.05, 3.63) is 17.8 Å². The second-order valence-corrected chi connectivity index (χ2v) is 4.68. The fourth-order valence-electron chi connectivity index (χ4n) is 2.41. The van der Waals surface area contributed by atoms with E-state index in [0.29, 0.717) is 5.69 Å². The van der Waals surface area contributed by atoms with Crippen LogP contribution in [0.25, 0.3) is 0 Å². The van der Waals surface area contributed by atoms with Crippen LogP contribution in [0.15, 0.2) is 12.1 Å². The lowest BCUT2D eigenvalue weighted by Gasteiger charge is -2.36. The molecule has 1 unspecified atom stereocenters. The maximum Gasteiger partial charge on any atom is 0.242 e. The number of aryl methyl sites for hydroxylation is 1. The van der Waals surface area contributed by atoms with Gasteiger partial charge in [-0.25, -0.2) is 4.98 Å². The molecule has 1 aromatic heterocycles. The fraction of sp³-hybridized carbons (Fsp3) is 0.538. The third-order valence-electron chi connectivity index (χ3n) is 3.37. The van der Waals surface area contributed by atoms with Gasteiger partial charge in [0.15, 0.2) is 5.82 Å². The molecule has 5 heteroatoms. The minimum atomic E-state index is -0.152. The summed E-state index contributed by atoms with van der Waals surface area (Å²) in [4.78, 5) is 18.4. The smallest absolute Gasteiger partial charge is 0.242 e. The predicted molar refractivity (Wildman–Crippen MR) is 72.4 cm³/mol. The lowest BCUT2D eigenvalue weighted by molar-refractivity contribution is -0.122. The largest absolute Gasteiger partial charge is 0.396 e. The van der Waals surface area contributed by atoms with Gasteiger partial charge in [0.05, 0.1) is 5.69 Å². The van der Waals surface area contributed by atoms with E-state index in [-0.39, 0.29) is 11.9 Å². The van der Waals surface area contributed by atoms with Gasteiger partial charge in [-0.1, -0.05) is 0 Å². The Bertz CT molecular complexity index is 447. The Kier molecular flexibility index (Phi) is 3.69. The average Bonchev–Trinajstić information content (AvgIpc) is 2.40.